The van der Waals surface area contributed by atoms with Gasteiger partial charge in [-0.1, -0.05) is 19.1 Å². The molecule has 0 saturated heterocycles. The van der Waals surface area contributed by atoms with E-state index in [1.165, 1.54) is 12.1 Å². The fraction of sp³-hybridized carbons (Fsp3) is 0.571. The Morgan fingerprint density at radius 3 is 2.47 bits per heavy atom. The van der Waals surface area contributed by atoms with Gasteiger partial charge in [-0.15, -0.1) is 0 Å². The Balaban J connectivity index is 2.89. The number of hydrogen-bond acceptors (Lipinski definition) is 2. The summed E-state index contributed by atoms with van der Waals surface area (Å²) in [5.41, 5.74) is -0.0326. The number of halogens is 3. The predicted molar refractivity (Wildman–Crippen MR) is 68.9 cm³/mol. The van der Waals surface area contributed by atoms with E-state index >= 15 is 0 Å². The van der Waals surface area contributed by atoms with Crippen LogP contribution in [-0.4, -0.2) is 19.3 Å². The van der Waals surface area contributed by atoms with Crippen molar-refractivity contribution >= 4 is 0 Å². The third-order valence-electron chi connectivity index (χ3n) is 2.66. The summed E-state index contributed by atoms with van der Waals surface area (Å²) in [6.45, 7) is 6.73. The van der Waals surface area contributed by atoms with Crippen LogP contribution in [0.15, 0.2) is 24.3 Å². The first-order valence-corrected chi connectivity index (χ1v) is 6.36. The minimum atomic E-state index is -4.31. The van der Waals surface area contributed by atoms with Gasteiger partial charge in [0.15, 0.2) is 0 Å². The van der Waals surface area contributed by atoms with Gasteiger partial charge in [-0.2, -0.15) is 13.2 Å². The Kier molecular flexibility index (Phi) is 5.82. The summed E-state index contributed by atoms with van der Waals surface area (Å²) in [7, 11) is 0. The molecule has 1 rings (SSSR count). The van der Waals surface area contributed by atoms with Crippen molar-refractivity contribution in [3.05, 3.63) is 35.4 Å². The quantitative estimate of drug-likeness (QED) is 0.853. The van der Waals surface area contributed by atoms with Crippen LogP contribution in [0.5, 0.6) is 0 Å². The van der Waals surface area contributed by atoms with Crippen LogP contribution in [0.2, 0.25) is 0 Å². The predicted octanol–water partition coefficient (Wildman–Crippen LogP) is 3.78. The van der Waals surface area contributed by atoms with Gasteiger partial charge in [-0.3, -0.25) is 0 Å². The summed E-state index contributed by atoms with van der Waals surface area (Å²) in [5, 5.41) is 3.14. The minimum Gasteiger partial charge on any atom is -0.377 e. The van der Waals surface area contributed by atoms with Crippen molar-refractivity contribution < 1.29 is 17.9 Å². The summed E-state index contributed by atoms with van der Waals surface area (Å²) in [6.07, 6.45) is -4.27. The zero-order valence-electron chi connectivity index (χ0n) is 11.4. The first kappa shape index (κ1) is 16.0. The van der Waals surface area contributed by atoms with Crippen molar-refractivity contribution in [1.82, 2.24) is 5.32 Å². The Labute approximate surface area is 112 Å². The molecule has 2 nitrogen and oxygen atoms in total. The van der Waals surface area contributed by atoms with Crippen molar-refractivity contribution in [2.45, 2.75) is 39.1 Å². The number of hydrogen-bond donors (Lipinski definition) is 1. The van der Waals surface area contributed by atoms with E-state index in [-0.39, 0.29) is 12.1 Å². The fourth-order valence-corrected chi connectivity index (χ4v) is 1.74. The number of likely N-dealkylation sites (N-methyl/N-ethyl adjacent to an activating group) is 1. The van der Waals surface area contributed by atoms with Crippen LogP contribution in [0.1, 0.15) is 37.9 Å². The Morgan fingerprint density at radius 2 is 1.95 bits per heavy atom. The van der Waals surface area contributed by atoms with Gasteiger partial charge in [0.05, 0.1) is 24.3 Å². The molecule has 0 bridgehead atoms. The lowest BCUT2D eigenvalue weighted by Gasteiger charge is -2.21. The van der Waals surface area contributed by atoms with E-state index in [0.717, 1.165) is 6.07 Å². The standard InChI is InChI=1S/C14H20F3NO/c1-4-18-13(9-19-10(2)3)11-6-5-7-12(8-11)14(15,16)17/h5-8,10,13,18H,4,9H2,1-3H3. The molecule has 5 heteroatoms. The first-order valence-electron chi connectivity index (χ1n) is 6.36. The largest absolute Gasteiger partial charge is 0.416 e. The highest BCUT2D eigenvalue weighted by molar-refractivity contribution is 5.28. The molecule has 0 saturated carbocycles. The zero-order chi connectivity index (χ0) is 14.5. The van der Waals surface area contributed by atoms with Crippen molar-refractivity contribution in [3.8, 4) is 0 Å². The van der Waals surface area contributed by atoms with Gasteiger partial charge in [-0.05, 0) is 38.1 Å². The highest BCUT2D eigenvalue weighted by Crippen LogP contribution is 2.30. The number of alkyl halides is 3. The van der Waals surface area contributed by atoms with E-state index in [1.807, 2.05) is 20.8 Å². The molecule has 1 aromatic rings. The van der Waals surface area contributed by atoms with Gasteiger partial charge in [-0.25, -0.2) is 0 Å². The average molecular weight is 275 g/mol. The third kappa shape index (κ3) is 5.20. The Hall–Kier alpha value is -1.07. The number of nitrogens with one attached hydrogen (secondary N) is 1. The van der Waals surface area contributed by atoms with Crippen LogP contribution in [0.25, 0.3) is 0 Å². The second-order valence-electron chi connectivity index (χ2n) is 4.62. The van der Waals surface area contributed by atoms with Crippen LogP contribution in [0.3, 0.4) is 0 Å². The molecule has 1 unspecified atom stereocenters. The smallest absolute Gasteiger partial charge is 0.377 e. The van der Waals surface area contributed by atoms with Crippen LogP contribution in [0.4, 0.5) is 13.2 Å². The van der Waals surface area contributed by atoms with Gasteiger partial charge in [0.2, 0.25) is 0 Å². The number of rotatable bonds is 6. The van der Waals surface area contributed by atoms with Gasteiger partial charge >= 0.3 is 6.18 Å². The summed E-state index contributed by atoms with van der Waals surface area (Å²) >= 11 is 0. The van der Waals surface area contributed by atoms with Crippen molar-refractivity contribution in [1.29, 1.82) is 0 Å². The lowest BCUT2D eigenvalue weighted by atomic mass is 10.0. The van der Waals surface area contributed by atoms with E-state index in [0.29, 0.717) is 18.7 Å². The van der Waals surface area contributed by atoms with E-state index in [9.17, 15) is 13.2 Å². The Bertz CT molecular complexity index is 391. The van der Waals surface area contributed by atoms with Crippen molar-refractivity contribution in [2.24, 2.45) is 0 Å². The molecule has 108 valence electrons. The summed E-state index contributed by atoms with van der Waals surface area (Å²) < 4.78 is 43.5. The maximum atomic E-state index is 12.7. The molecule has 0 heterocycles. The van der Waals surface area contributed by atoms with Crippen molar-refractivity contribution in [3.63, 3.8) is 0 Å². The minimum absolute atomic E-state index is 0.0481. The summed E-state index contributed by atoms with van der Waals surface area (Å²) in [6, 6.07) is 5.14. The van der Waals surface area contributed by atoms with Gasteiger partial charge in [0.25, 0.3) is 0 Å². The Morgan fingerprint density at radius 1 is 1.26 bits per heavy atom. The monoisotopic (exact) mass is 275 g/mol. The molecule has 1 atom stereocenters. The first-order chi connectivity index (χ1) is 8.84. The van der Waals surface area contributed by atoms with Crippen molar-refractivity contribution in [2.75, 3.05) is 13.2 Å². The number of benzene rings is 1. The van der Waals surface area contributed by atoms with Crippen LogP contribution < -0.4 is 5.32 Å². The molecule has 0 radical (unpaired) electrons. The lowest BCUT2D eigenvalue weighted by Crippen LogP contribution is -2.27. The third-order valence-corrected chi connectivity index (χ3v) is 2.66. The fourth-order valence-electron chi connectivity index (χ4n) is 1.74. The highest BCUT2D eigenvalue weighted by Gasteiger charge is 2.30. The molecule has 0 spiro atoms. The SMILES string of the molecule is CCNC(COC(C)C)c1cccc(C(F)(F)F)c1. The summed E-state index contributed by atoms with van der Waals surface area (Å²) in [5.74, 6) is 0. The molecular weight excluding hydrogens is 255 g/mol. The molecular formula is C14H20F3NO. The van der Waals surface area contributed by atoms with E-state index in [2.05, 4.69) is 5.32 Å². The number of ether oxygens (including phenoxy) is 1. The van der Waals surface area contributed by atoms with Crippen LogP contribution in [0, 0.1) is 0 Å². The molecule has 1 aromatic carbocycles. The second-order valence-corrected chi connectivity index (χ2v) is 4.62. The van der Waals surface area contributed by atoms with Gasteiger partial charge in [0, 0.05) is 0 Å². The zero-order valence-corrected chi connectivity index (χ0v) is 11.4. The maximum Gasteiger partial charge on any atom is 0.416 e. The highest BCUT2D eigenvalue weighted by atomic mass is 19.4. The normalized spacial score (nSPS) is 13.8. The molecule has 0 aliphatic carbocycles. The van der Waals surface area contributed by atoms with E-state index < -0.39 is 11.7 Å². The lowest BCUT2D eigenvalue weighted by molar-refractivity contribution is -0.137. The molecule has 0 aliphatic heterocycles. The molecule has 0 aromatic heterocycles. The maximum absolute atomic E-state index is 12.7. The van der Waals surface area contributed by atoms with Gasteiger partial charge in [0.1, 0.15) is 0 Å². The second kappa shape index (κ2) is 6.91. The van der Waals surface area contributed by atoms with E-state index in [1.54, 1.807) is 6.07 Å². The average Bonchev–Trinajstić information content (AvgIpc) is 2.33. The molecule has 0 aliphatic rings. The topological polar surface area (TPSA) is 21.3 Å². The molecule has 19 heavy (non-hydrogen) atoms. The molecule has 0 amide bonds. The van der Waals surface area contributed by atoms with Gasteiger partial charge < -0.3 is 10.1 Å². The molecule has 0 fully saturated rings. The summed E-state index contributed by atoms with van der Waals surface area (Å²) in [4.78, 5) is 0. The van der Waals surface area contributed by atoms with E-state index in [4.69, 9.17) is 4.74 Å². The van der Waals surface area contributed by atoms with Crippen LogP contribution in [-0.2, 0) is 10.9 Å². The molecule has 1 N–H and O–H groups in total. The van der Waals surface area contributed by atoms with Crippen LogP contribution >= 0.6 is 0 Å².